The Labute approximate surface area is 157 Å². The lowest BCUT2D eigenvalue weighted by molar-refractivity contribution is -0.137. The summed E-state index contributed by atoms with van der Waals surface area (Å²) in [4.78, 5) is 10.9. The van der Waals surface area contributed by atoms with Gasteiger partial charge >= 0.3 is 5.97 Å². The number of carbonyl (C=O) groups is 1. The van der Waals surface area contributed by atoms with Crippen molar-refractivity contribution in [1.29, 1.82) is 0 Å². The molecule has 24 heavy (non-hydrogen) atoms. The number of nitrogens with zero attached hydrogens (tertiary/aromatic N) is 1. The van der Waals surface area contributed by atoms with Gasteiger partial charge in [-0.1, -0.05) is 37.9 Å². The summed E-state index contributed by atoms with van der Waals surface area (Å²) in [7, 11) is -3.79. The first-order valence-corrected chi connectivity index (χ1v) is 10.1. The zero-order chi connectivity index (χ0) is 17.7. The molecule has 2 rings (SSSR count). The van der Waals surface area contributed by atoms with Crippen LogP contribution in [0.4, 0.5) is 5.69 Å². The molecule has 0 aromatic heterocycles. The SMILES string of the molecule is O=C(O)CCCN(c1cccc(Br)c1)S(=O)(=O)c1ccc(Br)cc1. The first-order chi connectivity index (χ1) is 11.3. The van der Waals surface area contributed by atoms with Crippen molar-refractivity contribution < 1.29 is 18.3 Å². The molecular formula is C16H15Br2NO4S. The second kappa shape index (κ2) is 8.13. The quantitative estimate of drug-likeness (QED) is 0.647. The van der Waals surface area contributed by atoms with Crippen LogP contribution >= 0.6 is 31.9 Å². The number of rotatable bonds is 7. The molecule has 0 unspecified atom stereocenters. The molecule has 0 aliphatic carbocycles. The standard InChI is InChI=1S/C16H15Br2NO4S/c17-12-6-8-15(9-7-12)24(22,23)19(10-2-5-16(20)21)14-4-1-3-13(18)11-14/h1,3-4,6-9,11H,2,5,10H2,(H,20,21). The number of carboxylic acids is 1. The smallest absolute Gasteiger partial charge is 0.303 e. The predicted octanol–water partition coefficient (Wildman–Crippen LogP) is 4.27. The summed E-state index contributed by atoms with van der Waals surface area (Å²) in [6.45, 7) is 0.0845. The van der Waals surface area contributed by atoms with Gasteiger partial charge in [-0.2, -0.15) is 0 Å². The third kappa shape index (κ3) is 4.81. The number of hydrogen-bond acceptors (Lipinski definition) is 3. The Balaban J connectivity index is 2.40. The van der Waals surface area contributed by atoms with E-state index in [1.54, 1.807) is 36.4 Å². The number of halogens is 2. The van der Waals surface area contributed by atoms with E-state index < -0.39 is 16.0 Å². The highest BCUT2D eigenvalue weighted by Crippen LogP contribution is 2.27. The van der Waals surface area contributed by atoms with Gasteiger partial charge in [-0.25, -0.2) is 8.42 Å². The van der Waals surface area contributed by atoms with Gasteiger partial charge in [0.05, 0.1) is 10.6 Å². The van der Waals surface area contributed by atoms with E-state index in [4.69, 9.17) is 5.11 Å². The maximum Gasteiger partial charge on any atom is 0.303 e. The van der Waals surface area contributed by atoms with Crippen molar-refractivity contribution in [1.82, 2.24) is 0 Å². The van der Waals surface area contributed by atoms with E-state index in [9.17, 15) is 13.2 Å². The van der Waals surface area contributed by atoms with Gasteiger partial charge in [0.1, 0.15) is 0 Å². The molecule has 0 aliphatic heterocycles. The fourth-order valence-electron chi connectivity index (χ4n) is 2.13. The topological polar surface area (TPSA) is 74.7 Å². The van der Waals surface area contributed by atoms with E-state index in [1.807, 2.05) is 0 Å². The summed E-state index contributed by atoms with van der Waals surface area (Å²) in [6, 6.07) is 13.3. The molecule has 0 amide bonds. The van der Waals surface area contributed by atoms with E-state index in [1.165, 1.54) is 16.4 Å². The zero-order valence-corrected chi connectivity index (χ0v) is 16.5. The van der Waals surface area contributed by atoms with Gasteiger partial charge in [-0.05, 0) is 48.9 Å². The first-order valence-electron chi connectivity index (χ1n) is 7.06. The van der Waals surface area contributed by atoms with Crippen molar-refractivity contribution in [3.8, 4) is 0 Å². The van der Waals surface area contributed by atoms with Crippen molar-refractivity contribution in [3.63, 3.8) is 0 Å². The lowest BCUT2D eigenvalue weighted by atomic mass is 10.3. The second-order valence-corrected chi connectivity index (χ2v) is 8.70. The number of aliphatic carboxylic acids is 1. The number of benzene rings is 2. The van der Waals surface area contributed by atoms with Crippen molar-refractivity contribution in [2.45, 2.75) is 17.7 Å². The van der Waals surface area contributed by atoms with Crippen LogP contribution in [-0.2, 0) is 14.8 Å². The van der Waals surface area contributed by atoms with Crippen LogP contribution in [0, 0.1) is 0 Å². The highest BCUT2D eigenvalue weighted by molar-refractivity contribution is 9.10. The van der Waals surface area contributed by atoms with Gasteiger partial charge < -0.3 is 5.11 Å². The van der Waals surface area contributed by atoms with E-state index >= 15 is 0 Å². The van der Waals surface area contributed by atoms with Gasteiger partial charge in [0, 0.05) is 21.9 Å². The summed E-state index contributed by atoms with van der Waals surface area (Å²) in [5.74, 6) is -0.953. The summed E-state index contributed by atoms with van der Waals surface area (Å²) in [5.41, 5.74) is 0.484. The minimum absolute atomic E-state index is 0.0845. The van der Waals surface area contributed by atoms with Crippen molar-refractivity contribution in [2.24, 2.45) is 0 Å². The Morgan fingerprint density at radius 3 is 2.29 bits per heavy atom. The molecule has 0 radical (unpaired) electrons. The largest absolute Gasteiger partial charge is 0.481 e. The van der Waals surface area contributed by atoms with Crippen LogP contribution in [0.3, 0.4) is 0 Å². The Bertz CT molecular complexity index is 822. The molecule has 0 saturated heterocycles. The molecule has 0 spiro atoms. The molecule has 128 valence electrons. The highest BCUT2D eigenvalue weighted by atomic mass is 79.9. The second-order valence-electron chi connectivity index (χ2n) is 5.01. The summed E-state index contributed by atoms with van der Waals surface area (Å²) in [6.07, 6.45) is 0.123. The van der Waals surface area contributed by atoms with E-state index in [0.29, 0.717) is 5.69 Å². The molecule has 8 heteroatoms. The van der Waals surface area contributed by atoms with Crippen LogP contribution in [0.2, 0.25) is 0 Å². The third-order valence-electron chi connectivity index (χ3n) is 3.25. The Morgan fingerprint density at radius 1 is 1.04 bits per heavy atom. The third-order valence-corrected chi connectivity index (χ3v) is 6.11. The number of carboxylic acid groups (broad SMARTS) is 1. The van der Waals surface area contributed by atoms with Gasteiger partial charge in [0.15, 0.2) is 0 Å². The molecule has 0 bridgehead atoms. The summed E-state index contributed by atoms with van der Waals surface area (Å²) >= 11 is 6.61. The Hall–Kier alpha value is -1.38. The highest BCUT2D eigenvalue weighted by Gasteiger charge is 2.25. The summed E-state index contributed by atoms with van der Waals surface area (Å²) in [5, 5.41) is 8.81. The average molecular weight is 477 g/mol. The lowest BCUT2D eigenvalue weighted by Crippen LogP contribution is -2.32. The Kier molecular flexibility index (Phi) is 6.42. The molecule has 0 saturated carbocycles. The van der Waals surface area contributed by atoms with Crippen LogP contribution in [0.1, 0.15) is 12.8 Å². The van der Waals surface area contributed by atoms with E-state index in [-0.39, 0.29) is 24.3 Å². The van der Waals surface area contributed by atoms with E-state index in [2.05, 4.69) is 31.9 Å². The van der Waals surface area contributed by atoms with Crippen molar-refractivity contribution in [3.05, 3.63) is 57.5 Å². The molecule has 0 atom stereocenters. The van der Waals surface area contributed by atoms with Crippen molar-refractivity contribution >= 4 is 53.5 Å². The van der Waals surface area contributed by atoms with Gasteiger partial charge in [-0.15, -0.1) is 0 Å². The van der Waals surface area contributed by atoms with Crippen LogP contribution in [-0.4, -0.2) is 26.0 Å². The van der Waals surface area contributed by atoms with Gasteiger partial charge in [-0.3, -0.25) is 9.10 Å². The molecule has 5 nitrogen and oxygen atoms in total. The number of hydrogen-bond donors (Lipinski definition) is 1. The lowest BCUT2D eigenvalue weighted by Gasteiger charge is -2.24. The molecule has 0 aliphatic rings. The normalized spacial score (nSPS) is 11.2. The van der Waals surface area contributed by atoms with Crippen molar-refractivity contribution in [2.75, 3.05) is 10.8 Å². The predicted molar refractivity (Wildman–Crippen MR) is 99.7 cm³/mol. The van der Waals surface area contributed by atoms with Crippen LogP contribution in [0.5, 0.6) is 0 Å². The number of anilines is 1. The number of sulfonamides is 1. The average Bonchev–Trinajstić information content (AvgIpc) is 2.51. The fourth-order valence-corrected chi connectivity index (χ4v) is 4.27. The maximum absolute atomic E-state index is 13.0. The van der Waals surface area contributed by atoms with E-state index in [0.717, 1.165) is 8.95 Å². The Morgan fingerprint density at radius 2 is 1.71 bits per heavy atom. The molecule has 1 N–H and O–H groups in total. The first kappa shape index (κ1) is 19.0. The van der Waals surface area contributed by atoms with Crippen LogP contribution in [0.25, 0.3) is 0 Å². The fraction of sp³-hybridized carbons (Fsp3) is 0.188. The zero-order valence-electron chi connectivity index (χ0n) is 12.5. The van der Waals surface area contributed by atoms with Gasteiger partial charge in [0.2, 0.25) is 0 Å². The monoisotopic (exact) mass is 475 g/mol. The minimum Gasteiger partial charge on any atom is -0.481 e. The molecule has 2 aromatic carbocycles. The van der Waals surface area contributed by atoms with Crippen LogP contribution < -0.4 is 4.31 Å². The molecule has 2 aromatic rings. The summed E-state index contributed by atoms with van der Waals surface area (Å²) < 4.78 is 28.7. The molecular weight excluding hydrogens is 462 g/mol. The maximum atomic E-state index is 13.0. The molecule has 0 fully saturated rings. The van der Waals surface area contributed by atoms with Gasteiger partial charge in [0.25, 0.3) is 10.0 Å². The van der Waals surface area contributed by atoms with Crippen LogP contribution in [0.15, 0.2) is 62.4 Å². The molecule has 0 heterocycles. The minimum atomic E-state index is -3.79.